The molecule has 4 nitrogen and oxygen atoms in total. The lowest BCUT2D eigenvalue weighted by Crippen LogP contribution is -2.45. The molecule has 1 aromatic rings. The Hall–Kier alpha value is -0.430. The monoisotopic (exact) mass is 362 g/mol. The van der Waals surface area contributed by atoms with Crippen LogP contribution in [0.15, 0.2) is 27.1 Å². The molecule has 1 aliphatic heterocycles. The molecule has 0 radical (unpaired) electrons. The van der Waals surface area contributed by atoms with E-state index in [9.17, 15) is 4.79 Å². The number of rotatable bonds is 2. The normalized spacial score (nSPS) is 20.0. The highest BCUT2D eigenvalue weighted by Gasteiger charge is 2.22. The quantitative estimate of drug-likeness (QED) is 0.846. The second kappa shape index (κ2) is 5.95. The molecule has 1 aliphatic rings. The molecule has 0 aromatic heterocycles. The molecule has 1 atom stereocenters. The topological polar surface area (TPSA) is 50.4 Å². The second-order valence-corrected chi connectivity index (χ2v) is 5.45. The van der Waals surface area contributed by atoms with Gasteiger partial charge in [0.2, 0.25) is 0 Å². The number of carbonyl (C=O) groups is 1. The summed E-state index contributed by atoms with van der Waals surface area (Å²) in [4.78, 5) is 11.9. The average Bonchev–Trinajstić information content (AvgIpc) is 2.35. The molecule has 6 heteroatoms. The van der Waals surface area contributed by atoms with Crippen molar-refractivity contribution in [3.63, 3.8) is 0 Å². The number of carbonyl (C=O) groups excluding carboxylic acids is 1. The van der Waals surface area contributed by atoms with Gasteiger partial charge in [-0.25, -0.2) is 0 Å². The van der Waals surface area contributed by atoms with Crippen LogP contribution in [-0.4, -0.2) is 31.7 Å². The summed E-state index contributed by atoms with van der Waals surface area (Å²) in [5, 5.41) is 5.96. The highest BCUT2D eigenvalue weighted by atomic mass is 79.9. The Morgan fingerprint density at radius 3 is 3.00 bits per heavy atom. The molecule has 1 heterocycles. The van der Waals surface area contributed by atoms with Crippen molar-refractivity contribution in [2.75, 3.05) is 25.0 Å². The van der Waals surface area contributed by atoms with Crippen LogP contribution in [0, 0.1) is 0 Å². The zero-order valence-corrected chi connectivity index (χ0v) is 12.2. The van der Waals surface area contributed by atoms with Crippen LogP contribution in [0.25, 0.3) is 0 Å². The van der Waals surface area contributed by atoms with Gasteiger partial charge >= 0.3 is 0 Å². The van der Waals surface area contributed by atoms with Crippen LogP contribution < -0.4 is 10.6 Å². The molecule has 0 saturated carbocycles. The van der Waals surface area contributed by atoms with E-state index in [0.29, 0.717) is 13.2 Å². The lowest BCUT2D eigenvalue weighted by atomic mass is 10.2. The summed E-state index contributed by atoms with van der Waals surface area (Å²) in [5.41, 5.74) is 0.735. The van der Waals surface area contributed by atoms with E-state index in [1.54, 1.807) is 0 Å². The number of amides is 1. The summed E-state index contributed by atoms with van der Waals surface area (Å²) in [6, 6.07) is 5.62. The maximum atomic E-state index is 11.9. The van der Waals surface area contributed by atoms with Crippen LogP contribution in [-0.2, 0) is 9.53 Å². The Labute approximate surface area is 116 Å². The van der Waals surface area contributed by atoms with Crippen molar-refractivity contribution in [2.45, 2.75) is 6.10 Å². The molecule has 0 spiro atoms. The van der Waals surface area contributed by atoms with E-state index in [0.717, 1.165) is 21.2 Å². The predicted molar refractivity (Wildman–Crippen MR) is 73.1 cm³/mol. The summed E-state index contributed by atoms with van der Waals surface area (Å²) >= 11 is 6.76. The lowest BCUT2D eigenvalue weighted by Gasteiger charge is -2.23. The third-order valence-electron chi connectivity index (χ3n) is 2.41. The Bertz CT molecular complexity index is 420. The van der Waals surface area contributed by atoms with Crippen LogP contribution in [0.1, 0.15) is 0 Å². The van der Waals surface area contributed by atoms with Gasteiger partial charge < -0.3 is 15.4 Å². The molecule has 1 unspecified atom stereocenters. The predicted octanol–water partition coefficient (Wildman–Crippen LogP) is 2.14. The number of nitrogens with one attached hydrogen (secondary N) is 2. The minimum Gasteiger partial charge on any atom is -0.366 e. The average molecular weight is 364 g/mol. The smallest absolute Gasteiger partial charge is 0.254 e. The van der Waals surface area contributed by atoms with E-state index >= 15 is 0 Å². The number of anilines is 1. The van der Waals surface area contributed by atoms with Gasteiger partial charge in [-0.2, -0.15) is 0 Å². The first-order valence-electron chi connectivity index (χ1n) is 5.25. The van der Waals surface area contributed by atoms with Gasteiger partial charge in [0.25, 0.3) is 5.91 Å². The van der Waals surface area contributed by atoms with Gasteiger partial charge in [0.1, 0.15) is 6.10 Å². The lowest BCUT2D eigenvalue weighted by molar-refractivity contribution is -0.128. The molecule has 1 aromatic carbocycles. The summed E-state index contributed by atoms with van der Waals surface area (Å²) < 4.78 is 7.14. The fourth-order valence-corrected chi connectivity index (χ4v) is 2.25. The zero-order valence-electron chi connectivity index (χ0n) is 9.00. The number of ether oxygens (including phenoxy) is 1. The minimum atomic E-state index is -0.422. The zero-order chi connectivity index (χ0) is 12.3. The van der Waals surface area contributed by atoms with E-state index in [1.165, 1.54) is 0 Å². The van der Waals surface area contributed by atoms with Crippen molar-refractivity contribution in [1.82, 2.24) is 5.32 Å². The molecule has 2 rings (SSSR count). The molecule has 1 amide bonds. The minimum absolute atomic E-state index is 0.129. The van der Waals surface area contributed by atoms with Crippen LogP contribution in [0.4, 0.5) is 5.69 Å². The Balaban J connectivity index is 2.04. The Morgan fingerprint density at radius 1 is 1.47 bits per heavy atom. The van der Waals surface area contributed by atoms with Gasteiger partial charge in [-0.05, 0) is 34.1 Å². The Morgan fingerprint density at radius 2 is 2.29 bits per heavy atom. The van der Waals surface area contributed by atoms with Gasteiger partial charge in [-0.1, -0.05) is 15.9 Å². The van der Waals surface area contributed by atoms with E-state index < -0.39 is 6.10 Å². The SMILES string of the molecule is O=C(Nc1cc(Br)ccc1Br)C1CNCCO1. The van der Waals surface area contributed by atoms with Gasteiger partial charge in [-0.15, -0.1) is 0 Å². The molecule has 1 saturated heterocycles. The fourth-order valence-electron chi connectivity index (χ4n) is 1.54. The summed E-state index contributed by atoms with van der Waals surface area (Å²) in [6.07, 6.45) is -0.422. The number of hydrogen-bond donors (Lipinski definition) is 2. The van der Waals surface area contributed by atoms with Gasteiger partial charge in [0.15, 0.2) is 0 Å². The third kappa shape index (κ3) is 3.51. The first kappa shape index (κ1) is 13.0. The summed E-state index contributed by atoms with van der Waals surface area (Å²) in [6.45, 7) is 1.92. The van der Waals surface area contributed by atoms with Crippen molar-refractivity contribution < 1.29 is 9.53 Å². The van der Waals surface area contributed by atoms with Gasteiger partial charge in [0, 0.05) is 22.0 Å². The third-order valence-corrected chi connectivity index (χ3v) is 3.59. The van der Waals surface area contributed by atoms with Crippen molar-refractivity contribution in [1.29, 1.82) is 0 Å². The van der Waals surface area contributed by atoms with Crippen molar-refractivity contribution in [3.05, 3.63) is 27.1 Å². The van der Waals surface area contributed by atoms with Crippen molar-refractivity contribution in [3.8, 4) is 0 Å². The molecule has 2 N–H and O–H groups in total. The second-order valence-electron chi connectivity index (χ2n) is 3.68. The number of halogens is 2. The van der Waals surface area contributed by atoms with Crippen LogP contribution in [0.5, 0.6) is 0 Å². The standard InChI is InChI=1S/C11H12Br2N2O2/c12-7-1-2-8(13)9(5-7)15-11(16)10-6-14-3-4-17-10/h1-2,5,10,14H,3-4,6H2,(H,15,16). The molecule has 17 heavy (non-hydrogen) atoms. The molecular weight excluding hydrogens is 352 g/mol. The fraction of sp³-hybridized carbons (Fsp3) is 0.364. The van der Waals surface area contributed by atoms with Crippen molar-refractivity contribution >= 4 is 43.5 Å². The maximum absolute atomic E-state index is 11.9. The molecular formula is C11H12Br2N2O2. The number of benzene rings is 1. The summed E-state index contributed by atoms with van der Waals surface area (Å²) in [5.74, 6) is -0.129. The van der Waals surface area contributed by atoms with Crippen LogP contribution in [0.3, 0.4) is 0 Å². The highest BCUT2D eigenvalue weighted by molar-refractivity contribution is 9.11. The van der Waals surface area contributed by atoms with E-state index in [-0.39, 0.29) is 5.91 Å². The number of hydrogen-bond acceptors (Lipinski definition) is 3. The van der Waals surface area contributed by atoms with Crippen LogP contribution >= 0.6 is 31.9 Å². The largest absolute Gasteiger partial charge is 0.366 e. The van der Waals surface area contributed by atoms with E-state index in [1.807, 2.05) is 18.2 Å². The first-order valence-corrected chi connectivity index (χ1v) is 6.83. The molecule has 1 fully saturated rings. The molecule has 0 bridgehead atoms. The maximum Gasteiger partial charge on any atom is 0.254 e. The van der Waals surface area contributed by atoms with E-state index in [4.69, 9.17) is 4.74 Å². The molecule has 0 aliphatic carbocycles. The molecule has 92 valence electrons. The first-order chi connectivity index (χ1) is 8.16. The van der Waals surface area contributed by atoms with Crippen molar-refractivity contribution in [2.24, 2.45) is 0 Å². The summed E-state index contributed by atoms with van der Waals surface area (Å²) in [7, 11) is 0. The van der Waals surface area contributed by atoms with Gasteiger partial charge in [-0.3, -0.25) is 4.79 Å². The van der Waals surface area contributed by atoms with Crippen LogP contribution in [0.2, 0.25) is 0 Å². The van der Waals surface area contributed by atoms with Gasteiger partial charge in [0.05, 0.1) is 12.3 Å². The number of morpholine rings is 1. The Kier molecular flexibility index (Phi) is 4.55. The highest BCUT2D eigenvalue weighted by Crippen LogP contribution is 2.26. The van der Waals surface area contributed by atoms with E-state index in [2.05, 4.69) is 42.5 Å².